The van der Waals surface area contributed by atoms with E-state index < -0.39 is 8.38 Å². The van der Waals surface area contributed by atoms with Crippen molar-refractivity contribution in [3.05, 3.63) is 59.7 Å². The van der Waals surface area contributed by atoms with Crippen molar-refractivity contribution in [2.24, 2.45) is 0 Å². The van der Waals surface area contributed by atoms with E-state index in [0.717, 1.165) is 5.56 Å². The summed E-state index contributed by atoms with van der Waals surface area (Å²) in [5, 5.41) is 9.56. The van der Waals surface area contributed by atoms with Crippen molar-refractivity contribution >= 4 is 20.1 Å². The average molecular weight is 350 g/mol. The van der Waals surface area contributed by atoms with E-state index in [9.17, 15) is 5.11 Å². The summed E-state index contributed by atoms with van der Waals surface area (Å²) in [7, 11) is -1.09. The third-order valence-electron chi connectivity index (χ3n) is 3.36. The standard InChI is InChI=1S/C18H23O3PS/c1-4-20-22(21-5-2)18(14-6-10-16(19)11-7-14)15-8-12-17(23-3)13-9-15/h6-13,18-19H,4-5H2,1-3H3. The molecule has 0 fully saturated rings. The molecule has 0 bridgehead atoms. The van der Waals surface area contributed by atoms with Gasteiger partial charge in [-0.15, -0.1) is 11.8 Å². The van der Waals surface area contributed by atoms with Gasteiger partial charge < -0.3 is 14.2 Å². The molecule has 3 nitrogen and oxygen atoms in total. The first kappa shape index (κ1) is 18.3. The zero-order chi connectivity index (χ0) is 16.7. The predicted molar refractivity (Wildman–Crippen MR) is 98.3 cm³/mol. The minimum atomic E-state index is -1.09. The smallest absolute Gasteiger partial charge is 0.183 e. The third kappa shape index (κ3) is 4.95. The van der Waals surface area contributed by atoms with Gasteiger partial charge in [-0.3, -0.25) is 0 Å². The molecule has 0 spiro atoms. The Balaban J connectivity index is 2.41. The maximum absolute atomic E-state index is 9.56. The Bertz CT molecular complexity index is 580. The predicted octanol–water partition coefficient (Wildman–Crippen LogP) is 5.59. The third-order valence-corrected chi connectivity index (χ3v) is 6.15. The molecule has 0 aliphatic carbocycles. The number of thioether (sulfide) groups is 1. The molecule has 2 aromatic carbocycles. The van der Waals surface area contributed by atoms with Crippen molar-refractivity contribution in [2.45, 2.75) is 24.4 Å². The van der Waals surface area contributed by atoms with Crippen molar-refractivity contribution < 1.29 is 14.2 Å². The molecule has 0 saturated heterocycles. The highest BCUT2D eigenvalue weighted by Crippen LogP contribution is 2.56. The summed E-state index contributed by atoms with van der Waals surface area (Å²) in [6.45, 7) is 5.20. The Morgan fingerprint density at radius 2 is 1.39 bits per heavy atom. The van der Waals surface area contributed by atoms with E-state index in [2.05, 4.69) is 30.5 Å². The van der Waals surface area contributed by atoms with Crippen molar-refractivity contribution in [3.63, 3.8) is 0 Å². The van der Waals surface area contributed by atoms with Crippen molar-refractivity contribution in [1.82, 2.24) is 0 Å². The Labute approximate surface area is 143 Å². The molecule has 1 N–H and O–H groups in total. The van der Waals surface area contributed by atoms with Gasteiger partial charge in [-0.2, -0.15) is 0 Å². The first-order chi connectivity index (χ1) is 11.2. The van der Waals surface area contributed by atoms with Crippen LogP contribution in [0.25, 0.3) is 0 Å². The Hall–Kier alpha value is -1.06. The lowest BCUT2D eigenvalue weighted by molar-refractivity contribution is 0.265. The monoisotopic (exact) mass is 350 g/mol. The van der Waals surface area contributed by atoms with Crippen LogP contribution in [0, 0.1) is 0 Å². The number of hydrogen-bond donors (Lipinski definition) is 1. The lowest BCUT2D eigenvalue weighted by Crippen LogP contribution is -2.04. The van der Waals surface area contributed by atoms with Crippen LogP contribution < -0.4 is 0 Å². The van der Waals surface area contributed by atoms with Gasteiger partial charge in [0.05, 0.1) is 18.9 Å². The Kier molecular flexibility index (Phi) is 7.38. The zero-order valence-electron chi connectivity index (χ0n) is 13.7. The second-order valence-corrected chi connectivity index (χ2v) is 7.37. The summed E-state index contributed by atoms with van der Waals surface area (Å²) in [5.74, 6) is 0.266. The van der Waals surface area contributed by atoms with Gasteiger partial charge in [0, 0.05) is 4.90 Å². The molecule has 5 heteroatoms. The first-order valence-electron chi connectivity index (χ1n) is 7.67. The van der Waals surface area contributed by atoms with E-state index in [1.54, 1.807) is 23.9 Å². The molecule has 0 saturated carbocycles. The van der Waals surface area contributed by atoms with Gasteiger partial charge in [0.2, 0.25) is 0 Å². The van der Waals surface area contributed by atoms with Gasteiger partial charge in [-0.25, -0.2) is 0 Å². The van der Waals surface area contributed by atoms with Gasteiger partial charge in [-0.1, -0.05) is 24.3 Å². The van der Waals surface area contributed by atoms with E-state index in [-0.39, 0.29) is 11.4 Å². The fourth-order valence-corrected chi connectivity index (χ4v) is 4.44. The number of phenols is 1. The van der Waals surface area contributed by atoms with E-state index in [4.69, 9.17) is 9.05 Å². The molecule has 0 radical (unpaired) electrons. The Morgan fingerprint density at radius 3 is 1.83 bits per heavy atom. The van der Waals surface area contributed by atoms with Crippen LogP contribution in [0.1, 0.15) is 30.6 Å². The van der Waals surface area contributed by atoms with Gasteiger partial charge in [0.15, 0.2) is 8.38 Å². The number of benzene rings is 2. The zero-order valence-corrected chi connectivity index (χ0v) is 15.4. The molecule has 0 aromatic heterocycles. The van der Waals surface area contributed by atoms with Crippen LogP contribution in [0.5, 0.6) is 5.75 Å². The maximum atomic E-state index is 9.56. The number of aromatic hydroxyl groups is 1. The van der Waals surface area contributed by atoms with Crippen LogP contribution >= 0.6 is 20.1 Å². The summed E-state index contributed by atoms with van der Waals surface area (Å²) in [6.07, 6.45) is 2.07. The van der Waals surface area contributed by atoms with Gasteiger partial charge >= 0.3 is 0 Å². The molecule has 0 aliphatic rings. The first-order valence-corrected chi connectivity index (χ1v) is 10.1. The highest BCUT2D eigenvalue weighted by atomic mass is 32.2. The largest absolute Gasteiger partial charge is 0.508 e. The quantitative estimate of drug-likeness (QED) is 0.498. The molecular weight excluding hydrogens is 327 g/mol. The van der Waals surface area contributed by atoms with Crippen LogP contribution in [0.2, 0.25) is 0 Å². The average Bonchev–Trinajstić information content (AvgIpc) is 2.58. The van der Waals surface area contributed by atoms with Crippen LogP contribution in [0.3, 0.4) is 0 Å². The van der Waals surface area contributed by atoms with Crippen molar-refractivity contribution in [2.75, 3.05) is 19.5 Å². The van der Waals surface area contributed by atoms with E-state index in [0.29, 0.717) is 13.2 Å². The molecule has 23 heavy (non-hydrogen) atoms. The second-order valence-electron chi connectivity index (χ2n) is 4.89. The normalized spacial score (nSPS) is 12.5. The summed E-state index contributed by atoms with van der Waals surface area (Å²) in [6, 6.07) is 15.8. The highest BCUT2D eigenvalue weighted by molar-refractivity contribution is 7.98. The summed E-state index contributed by atoms with van der Waals surface area (Å²) >= 11 is 1.73. The lowest BCUT2D eigenvalue weighted by Gasteiger charge is -2.26. The van der Waals surface area contributed by atoms with E-state index >= 15 is 0 Å². The van der Waals surface area contributed by atoms with Gasteiger partial charge in [-0.05, 0) is 55.5 Å². The van der Waals surface area contributed by atoms with Gasteiger partial charge in [0.25, 0.3) is 0 Å². The number of rotatable bonds is 8. The summed E-state index contributed by atoms with van der Waals surface area (Å²) in [4.78, 5) is 1.23. The minimum Gasteiger partial charge on any atom is -0.508 e. The summed E-state index contributed by atoms with van der Waals surface area (Å²) in [5.41, 5.74) is 2.29. The molecule has 0 aliphatic heterocycles. The van der Waals surface area contributed by atoms with Crippen molar-refractivity contribution in [1.29, 1.82) is 0 Å². The molecule has 1 atom stereocenters. The van der Waals surface area contributed by atoms with Crippen LogP contribution in [0.15, 0.2) is 53.4 Å². The minimum absolute atomic E-state index is 0.0291. The SMILES string of the molecule is CCOP(OCC)C(c1ccc(O)cc1)c1ccc(SC)cc1. The van der Waals surface area contributed by atoms with Gasteiger partial charge in [0.1, 0.15) is 5.75 Å². The second kappa shape index (κ2) is 9.29. The van der Waals surface area contributed by atoms with Crippen molar-refractivity contribution in [3.8, 4) is 5.75 Å². The fraction of sp³-hybridized carbons (Fsp3) is 0.333. The highest BCUT2D eigenvalue weighted by Gasteiger charge is 2.27. The molecule has 2 aromatic rings. The molecule has 1 unspecified atom stereocenters. The topological polar surface area (TPSA) is 38.7 Å². The molecule has 0 heterocycles. The molecular formula is C18H23O3PS. The lowest BCUT2D eigenvalue weighted by atomic mass is 10.0. The fourth-order valence-electron chi connectivity index (χ4n) is 2.32. The number of hydrogen-bond acceptors (Lipinski definition) is 4. The molecule has 0 amide bonds. The van der Waals surface area contributed by atoms with Crippen LogP contribution in [0.4, 0.5) is 0 Å². The van der Waals surface area contributed by atoms with E-state index in [1.165, 1.54) is 10.5 Å². The van der Waals surface area contributed by atoms with Crippen LogP contribution in [-0.2, 0) is 9.05 Å². The molecule has 2 rings (SSSR count). The maximum Gasteiger partial charge on any atom is 0.183 e. The van der Waals surface area contributed by atoms with E-state index in [1.807, 2.05) is 26.0 Å². The summed E-state index contributed by atoms with van der Waals surface area (Å²) < 4.78 is 11.8. The Morgan fingerprint density at radius 1 is 0.913 bits per heavy atom. The van der Waals surface area contributed by atoms with Crippen LogP contribution in [-0.4, -0.2) is 24.6 Å². The molecule has 124 valence electrons. The number of phenolic OH excluding ortho intramolecular Hbond substituents is 1.